The summed E-state index contributed by atoms with van der Waals surface area (Å²) in [5.41, 5.74) is 2.10. The molecule has 0 saturated carbocycles. The number of fused-ring (bicyclic) bond motifs is 1. The second-order valence-corrected chi connectivity index (χ2v) is 5.23. The zero-order valence-electron chi connectivity index (χ0n) is 12.8. The third-order valence-electron chi connectivity index (χ3n) is 3.40. The summed E-state index contributed by atoms with van der Waals surface area (Å²) >= 11 is 0. The lowest BCUT2D eigenvalue weighted by atomic mass is 10.2. The highest BCUT2D eigenvalue weighted by Crippen LogP contribution is 2.31. The molecule has 5 nitrogen and oxygen atoms in total. The Kier molecular flexibility index (Phi) is 4.10. The van der Waals surface area contributed by atoms with Crippen molar-refractivity contribution in [1.82, 2.24) is 14.5 Å². The van der Waals surface area contributed by atoms with Gasteiger partial charge in [-0.15, -0.1) is 0 Å². The highest BCUT2D eigenvalue weighted by atomic mass is 19.1. The summed E-state index contributed by atoms with van der Waals surface area (Å²) in [4.78, 5) is 8.42. The number of hydrogen-bond acceptors (Lipinski definition) is 4. The fraction of sp³-hybridized carbons (Fsp3) is 0.250. The molecule has 0 aliphatic rings. The first-order valence-electron chi connectivity index (χ1n) is 7.13. The first-order valence-corrected chi connectivity index (χ1v) is 7.13. The Morgan fingerprint density at radius 2 is 2.13 bits per heavy atom. The average molecular weight is 318 g/mol. The molecule has 2 heterocycles. The quantitative estimate of drug-likeness (QED) is 0.781. The van der Waals surface area contributed by atoms with Crippen molar-refractivity contribution < 1.29 is 13.5 Å². The van der Waals surface area contributed by atoms with Gasteiger partial charge in [-0.3, -0.25) is 0 Å². The number of anilines is 2. The SMILES string of the molecule is C[C@@H](CF)Oc1cc(F)ccc1Nc1ncnc2ccn(C)c12. The fourth-order valence-electron chi connectivity index (χ4n) is 2.28. The Bertz CT molecular complexity index is 834. The van der Waals surface area contributed by atoms with Gasteiger partial charge < -0.3 is 14.6 Å². The zero-order chi connectivity index (χ0) is 16.4. The van der Waals surface area contributed by atoms with Gasteiger partial charge in [0.1, 0.15) is 36.2 Å². The Morgan fingerprint density at radius 1 is 1.30 bits per heavy atom. The summed E-state index contributed by atoms with van der Waals surface area (Å²) in [5, 5.41) is 3.11. The molecule has 0 unspecified atom stereocenters. The zero-order valence-corrected chi connectivity index (χ0v) is 12.8. The Hall–Kier alpha value is -2.70. The maximum atomic E-state index is 13.5. The number of ether oxygens (including phenoxy) is 1. The number of aromatic nitrogens is 3. The number of nitrogens with one attached hydrogen (secondary N) is 1. The van der Waals surface area contributed by atoms with Crippen molar-refractivity contribution in [3.63, 3.8) is 0 Å². The molecular formula is C16H16F2N4O. The van der Waals surface area contributed by atoms with Crippen molar-refractivity contribution in [2.45, 2.75) is 13.0 Å². The molecule has 3 aromatic rings. The van der Waals surface area contributed by atoms with Crippen LogP contribution < -0.4 is 10.1 Å². The first kappa shape index (κ1) is 15.2. The molecule has 0 amide bonds. The number of benzene rings is 1. The van der Waals surface area contributed by atoms with Crippen LogP contribution in [0.15, 0.2) is 36.8 Å². The standard InChI is InChI=1S/C16H16F2N4O/c1-10(8-17)23-14-7-11(18)3-4-12(14)21-16-15-13(19-9-20-16)5-6-22(15)2/h3-7,9-10H,8H2,1-2H3,(H,19,20,21)/t10-/m0/s1. The molecule has 1 N–H and O–H groups in total. The molecule has 2 aromatic heterocycles. The van der Waals surface area contributed by atoms with Crippen LogP contribution in [0.3, 0.4) is 0 Å². The minimum Gasteiger partial charge on any atom is -0.486 e. The van der Waals surface area contributed by atoms with E-state index in [0.29, 0.717) is 11.5 Å². The van der Waals surface area contributed by atoms with Crippen LogP contribution in [0.2, 0.25) is 0 Å². The summed E-state index contributed by atoms with van der Waals surface area (Å²) in [6.45, 7) is 0.917. The van der Waals surface area contributed by atoms with E-state index in [-0.39, 0.29) is 5.75 Å². The van der Waals surface area contributed by atoms with Crippen molar-refractivity contribution in [2.24, 2.45) is 7.05 Å². The fourth-order valence-corrected chi connectivity index (χ4v) is 2.28. The Labute approximate surface area is 131 Å². The molecule has 3 rings (SSSR count). The minimum atomic E-state index is -0.669. The largest absolute Gasteiger partial charge is 0.486 e. The molecule has 120 valence electrons. The monoisotopic (exact) mass is 318 g/mol. The highest BCUT2D eigenvalue weighted by Gasteiger charge is 2.13. The van der Waals surface area contributed by atoms with Crippen LogP contribution in [0, 0.1) is 5.82 Å². The minimum absolute atomic E-state index is 0.233. The number of nitrogens with zero attached hydrogens (tertiary/aromatic N) is 3. The van der Waals surface area contributed by atoms with Crippen LogP contribution in [-0.2, 0) is 7.05 Å². The molecule has 0 aliphatic heterocycles. The number of hydrogen-bond donors (Lipinski definition) is 1. The molecule has 0 spiro atoms. The summed E-state index contributed by atoms with van der Waals surface area (Å²) in [7, 11) is 1.88. The average Bonchev–Trinajstić information content (AvgIpc) is 2.92. The Morgan fingerprint density at radius 3 is 2.91 bits per heavy atom. The van der Waals surface area contributed by atoms with E-state index in [0.717, 1.165) is 11.0 Å². The molecule has 0 bridgehead atoms. The number of aryl methyl sites for hydroxylation is 1. The van der Waals surface area contributed by atoms with Crippen molar-refractivity contribution in [3.8, 4) is 5.75 Å². The summed E-state index contributed by atoms with van der Waals surface area (Å²) in [6, 6.07) is 5.93. The van der Waals surface area contributed by atoms with Crippen molar-refractivity contribution in [1.29, 1.82) is 0 Å². The Balaban J connectivity index is 2.00. The van der Waals surface area contributed by atoms with Gasteiger partial charge in [0.05, 0.1) is 11.2 Å². The smallest absolute Gasteiger partial charge is 0.158 e. The van der Waals surface area contributed by atoms with E-state index in [1.165, 1.54) is 24.5 Å². The molecule has 1 aromatic carbocycles. The second-order valence-electron chi connectivity index (χ2n) is 5.23. The van der Waals surface area contributed by atoms with Crippen LogP contribution in [0.4, 0.5) is 20.3 Å². The molecule has 0 radical (unpaired) electrons. The van der Waals surface area contributed by atoms with Gasteiger partial charge in [-0.05, 0) is 25.1 Å². The topological polar surface area (TPSA) is 52.0 Å². The lowest BCUT2D eigenvalue weighted by Crippen LogP contribution is -2.15. The van der Waals surface area contributed by atoms with Crippen LogP contribution in [0.1, 0.15) is 6.92 Å². The molecule has 0 fully saturated rings. The molecule has 0 saturated heterocycles. The third kappa shape index (κ3) is 3.08. The van der Waals surface area contributed by atoms with Crippen LogP contribution in [0.5, 0.6) is 5.75 Å². The summed E-state index contributed by atoms with van der Waals surface area (Å²) < 4.78 is 33.5. The first-order chi connectivity index (χ1) is 11.1. The van der Waals surface area contributed by atoms with Gasteiger partial charge in [0.25, 0.3) is 0 Å². The van der Waals surface area contributed by atoms with Crippen LogP contribution in [-0.4, -0.2) is 27.3 Å². The molecular weight excluding hydrogens is 302 g/mol. The van der Waals surface area contributed by atoms with E-state index in [1.807, 2.05) is 23.9 Å². The normalized spacial score (nSPS) is 12.3. The number of alkyl halides is 1. The third-order valence-corrected chi connectivity index (χ3v) is 3.40. The van der Waals surface area contributed by atoms with E-state index < -0.39 is 18.6 Å². The van der Waals surface area contributed by atoms with Crippen molar-refractivity contribution >= 4 is 22.5 Å². The van der Waals surface area contributed by atoms with E-state index in [9.17, 15) is 8.78 Å². The van der Waals surface area contributed by atoms with Gasteiger partial charge in [0.2, 0.25) is 0 Å². The second kappa shape index (κ2) is 6.20. The summed E-state index contributed by atoms with van der Waals surface area (Å²) in [5.74, 6) is 0.339. The molecule has 7 heteroatoms. The van der Waals surface area contributed by atoms with E-state index >= 15 is 0 Å². The summed E-state index contributed by atoms with van der Waals surface area (Å²) in [6.07, 6.45) is 2.65. The predicted molar refractivity (Wildman–Crippen MR) is 84.3 cm³/mol. The molecule has 23 heavy (non-hydrogen) atoms. The van der Waals surface area contributed by atoms with Crippen molar-refractivity contribution in [3.05, 3.63) is 42.6 Å². The maximum absolute atomic E-state index is 13.5. The van der Waals surface area contributed by atoms with Gasteiger partial charge in [0.15, 0.2) is 5.82 Å². The lowest BCUT2D eigenvalue weighted by Gasteiger charge is -2.16. The van der Waals surface area contributed by atoms with Crippen LogP contribution >= 0.6 is 0 Å². The van der Waals surface area contributed by atoms with Gasteiger partial charge in [-0.25, -0.2) is 18.7 Å². The van der Waals surface area contributed by atoms with Gasteiger partial charge >= 0.3 is 0 Å². The van der Waals surface area contributed by atoms with Crippen LogP contribution in [0.25, 0.3) is 11.0 Å². The van der Waals surface area contributed by atoms with Crippen molar-refractivity contribution in [2.75, 3.05) is 12.0 Å². The van der Waals surface area contributed by atoms with E-state index in [1.54, 1.807) is 6.92 Å². The lowest BCUT2D eigenvalue weighted by molar-refractivity contribution is 0.182. The van der Waals surface area contributed by atoms with Gasteiger partial charge in [-0.2, -0.15) is 0 Å². The maximum Gasteiger partial charge on any atom is 0.158 e. The molecule has 1 atom stereocenters. The highest BCUT2D eigenvalue weighted by molar-refractivity contribution is 5.88. The predicted octanol–water partition coefficient (Wildman–Crippen LogP) is 3.59. The van der Waals surface area contributed by atoms with Gasteiger partial charge in [-0.1, -0.05) is 0 Å². The molecule has 0 aliphatic carbocycles. The van der Waals surface area contributed by atoms with E-state index in [2.05, 4.69) is 15.3 Å². The van der Waals surface area contributed by atoms with E-state index in [4.69, 9.17) is 4.74 Å². The number of rotatable bonds is 5. The number of halogens is 2. The van der Waals surface area contributed by atoms with Gasteiger partial charge in [0, 0.05) is 19.3 Å².